The summed E-state index contributed by atoms with van der Waals surface area (Å²) in [5.74, 6) is 0.0244. The third kappa shape index (κ3) is 5.25. The molecular formula is C16H25NO4. The number of aryl methyl sites for hydroxylation is 1. The van der Waals surface area contributed by atoms with E-state index in [2.05, 4.69) is 5.32 Å². The van der Waals surface area contributed by atoms with Crippen LogP contribution in [0.15, 0.2) is 16.5 Å². The molecule has 0 aliphatic carbocycles. The third-order valence-corrected chi connectivity index (χ3v) is 2.85. The highest BCUT2D eigenvalue weighted by Gasteiger charge is 2.30. The second-order valence-electron chi connectivity index (χ2n) is 6.35. The quantitative estimate of drug-likeness (QED) is 0.848. The predicted molar refractivity (Wildman–Crippen MR) is 80.0 cm³/mol. The molecule has 0 aliphatic heterocycles. The average molecular weight is 295 g/mol. The summed E-state index contributed by atoms with van der Waals surface area (Å²) in [5.41, 5.74) is -0.588. The van der Waals surface area contributed by atoms with Crippen molar-refractivity contribution in [1.82, 2.24) is 5.32 Å². The van der Waals surface area contributed by atoms with Gasteiger partial charge in [0, 0.05) is 6.42 Å². The summed E-state index contributed by atoms with van der Waals surface area (Å²) in [4.78, 5) is 24.3. The van der Waals surface area contributed by atoms with E-state index in [-0.39, 0.29) is 11.7 Å². The standard InChI is InChI=1S/C16H25NO4/c1-7-11-8-9-12(20-11)14(18)17-13(10(2)3)15(19)21-16(4,5)6/h8-10,13H,7H2,1-6H3,(H,17,18)/t13-/m1/s1. The van der Waals surface area contributed by atoms with Crippen molar-refractivity contribution in [3.63, 3.8) is 0 Å². The van der Waals surface area contributed by atoms with Crippen LogP contribution < -0.4 is 5.32 Å². The Morgan fingerprint density at radius 2 is 1.90 bits per heavy atom. The lowest BCUT2D eigenvalue weighted by Gasteiger charge is -2.26. The van der Waals surface area contributed by atoms with Gasteiger partial charge in [0.2, 0.25) is 0 Å². The van der Waals surface area contributed by atoms with Crippen molar-refractivity contribution in [2.45, 2.75) is 59.6 Å². The van der Waals surface area contributed by atoms with Gasteiger partial charge in [-0.3, -0.25) is 4.79 Å². The van der Waals surface area contributed by atoms with Crippen molar-refractivity contribution in [3.05, 3.63) is 23.7 Å². The number of carbonyl (C=O) groups is 2. The van der Waals surface area contributed by atoms with Crippen LogP contribution in [0, 0.1) is 5.92 Å². The van der Waals surface area contributed by atoms with Crippen molar-refractivity contribution in [3.8, 4) is 0 Å². The van der Waals surface area contributed by atoms with Gasteiger partial charge >= 0.3 is 5.97 Å². The van der Waals surface area contributed by atoms with Gasteiger partial charge in [0.25, 0.3) is 5.91 Å². The summed E-state index contributed by atoms with van der Waals surface area (Å²) in [7, 11) is 0. The maximum Gasteiger partial charge on any atom is 0.329 e. The molecule has 118 valence electrons. The molecule has 0 bridgehead atoms. The van der Waals surface area contributed by atoms with Crippen molar-refractivity contribution in [2.75, 3.05) is 0 Å². The molecule has 0 radical (unpaired) electrons. The Labute approximate surface area is 126 Å². The van der Waals surface area contributed by atoms with Crippen LogP contribution in [-0.2, 0) is 16.0 Å². The molecule has 0 aliphatic rings. The van der Waals surface area contributed by atoms with Crippen LogP contribution in [0.2, 0.25) is 0 Å². The average Bonchev–Trinajstić information content (AvgIpc) is 2.81. The Morgan fingerprint density at radius 3 is 2.33 bits per heavy atom. The first kappa shape index (κ1) is 17.3. The van der Waals surface area contributed by atoms with E-state index in [4.69, 9.17) is 9.15 Å². The monoisotopic (exact) mass is 295 g/mol. The maximum atomic E-state index is 12.2. The van der Waals surface area contributed by atoms with Crippen LogP contribution in [0.5, 0.6) is 0 Å². The fourth-order valence-corrected chi connectivity index (χ4v) is 1.77. The van der Waals surface area contributed by atoms with Crippen molar-refractivity contribution < 1.29 is 18.7 Å². The molecule has 0 saturated carbocycles. The number of amides is 1. The topological polar surface area (TPSA) is 68.5 Å². The number of hydrogen-bond acceptors (Lipinski definition) is 4. The number of hydrogen-bond donors (Lipinski definition) is 1. The first-order valence-corrected chi connectivity index (χ1v) is 7.26. The van der Waals surface area contributed by atoms with E-state index in [9.17, 15) is 9.59 Å². The number of furan rings is 1. The van der Waals surface area contributed by atoms with E-state index in [0.29, 0.717) is 6.42 Å². The van der Waals surface area contributed by atoms with Gasteiger partial charge in [-0.05, 0) is 38.8 Å². The summed E-state index contributed by atoms with van der Waals surface area (Å²) in [6, 6.07) is 2.67. The Morgan fingerprint density at radius 1 is 1.29 bits per heavy atom. The Kier molecular flexibility index (Phi) is 5.58. The smallest absolute Gasteiger partial charge is 0.329 e. The maximum absolute atomic E-state index is 12.2. The van der Waals surface area contributed by atoms with Gasteiger partial charge in [0.05, 0.1) is 0 Å². The lowest BCUT2D eigenvalue weighted by molar-refractivity contribution is -0.158. The molecule has 1 atom stereocenters. The molecule has 0 aromatic carbocycles. The SMILES string of the molecule is CCc1ccc(C(=O)N[C@@H](C(=O)OC(C)(C)C)C(C)C)o1. The zero-order valence-electron chi connectivity index (χ0n) is 13.6. The van der Waals surface area contributed by atoms with E-state index in [0.717, 1.165) is 5.76 Å². The van der Waals surface area contributed by atoms with Crippen LogP contribution in [0.3, 0.4) is 0 Å². The molecule has 21 heavy (non-hydrogen) atoms. The molecule has 1 amide bonds. The van der Waals surface area contributed by atoms with Gasteiger partial charge in [-0.15, -0.1) is 0 Å². The lowest BCUT2D eigenvalue weighted by atomic mass is 10.0. The highest BCUT2D eigenvalue weighted by atomic mass is 16.6. The van der Waals surface area contributed by atoms with Crippen molar-refractivity contribution >= 4 is 11.9 Å². The summed E-state index contributed by atoms with van der Waals surface area (Å²) >= 11 is 0. The third-order valence-electron chi connectivity index (χ3n) is 2.85. The van der Waals surface area contributed by atoms with Crippen LogP contribution in [-0.4, -0.2) is 23.5 Å². The number of esters is 1. The minimum atomic E-state index is -0.702. The molecule has 0 fully saturated rings. The minimum Gasteiger partial charge on any atom is -0.458 e. The van der Waals surface area contributed by atoms with Crippen LogP contribution in [0.4, 0.5) is 0 Å². The molecule has 5 heteroatoms. The minimum absolute atomic E-state index is 0.0793. The first-order valence-electron chi connectivity index (χ1n) is 7.26. The number of ether oxygens (including phenoxy) is 1. The van der Waals surface area contributed by atoms with Crippen LogP contribution in [0.1, 0.15) is 57.9 Å². The molecule has 1 aromatic heterocycles. The Hall–Kier alpha value is -1.78. The van der Waals surface area contributed by atoms with E-state index in [1.807, 2.05) is 20.8 Å². The van der Waals surface area contributed by atoms with E-state index in [1.54, 1.807) is 32.9 Å². The second kappa shape index (κ2) is 6.78. The summed E-state index contributed by atoms with van der Waals surface area (Å²) in [6.07, 6.45) is 0.715. The largest absolute Gasteiger partial charge is 0.458 e. The van der Waals surface area contributed by atoms with Gasteiger partial charge < -0.3 is 14.5 Å². The van der Waals surface area contributed by atoms with Gasteiger partial charge in [0.1, 0.15) is 17.4 Å². The van der Waals surface area contributed by atoms with E-state index < -0.39 is 23.5 Å². The van der Waals surface area contributed by atoms with Gasteiger partial charge in [0.15, 0.2) is 5.76 Å². The molecule has 1 rings (SSSR count). The normalized spacial score (nSPS) is 13.1. The fourth-order valence-electron chi connectivity index (χ4n) is 1.77. The number of rotatable bonds is 5. The van der Waals surface area contributed by atoms with Gasteiger partial charge in [-0.1, -0.05) is 20.8 Å². The Bertz CT molecular complexity index is 497. The molecular weight excluding hydrogens is 270 g/mol. The number of nitrogens with one attached hydrogen (secondary N) is 1. The summed E-state index contributed by atoms with van der Waals surface area (Å²) in [5, 5.41) is 2.69. The molecule has 0 unspecified atom stereocenters. The fraction of sp³-hybridized carbons (Fsp3) is 0.625. The first-order chi connectivity index (χ1) is 9.64. The van der Waals surface area contributed by atoms with Crippen molar-refractivity contribution in [2.24, 2.45) is 5.92 Å². The summed E-state index contributed by atoms with van der Waals surface area (Å²) in [6.45, 7) is 11.0. The van der Waals surface area contributed by atoms with Crippen molar-refractivity contribution in [1.29, 1.82) is 0 Å². The van der Waals surface area contributed by atoms with Crippen LogP contribution in [0.25, 0.3) is 0 Å². The highest BCUT2D eigenvalue weighted by Crippen LogP contribution is 2.14. The molecule has 1 heterocycles. The zero-order chi connectivity index (χ0) is 16.2. The van der Waals surface area contributed by atoms with Gasteiger partial charge in [-0.25, -0.2) is 4.79 Å². The zero-order valence-corrected chi connectivity index (χ0v) is 13.6. The van der Waals surface area contributed by atoms with Crippen LogP contribution >= 0.6 is 0 Å². The Balaban J connectivity index is 2.78. The molecule has 1 aromatic rings. The predicted octanol–water partition coefficient (Wildman–Crippen LogP) is 2.94. The molecule has 0 saturated heterocycles. The second-order valence-corrected chi connectivity index (χ2v) is 6.35. The lowest BCUT2D eigenvalue weighted by Crippen LogP contribution is -2.47. The number of carbonyl (C=O) groups excluding carboxylic acids is 2. The highest BCUT2D eigenvalue weighted by molar-refractivity contribution is 5.94. The van der Waals surface area contributed by atoms with E-state index in [1.165, 1.54) is 0 Å². The van der Waals surface area contributed by atoms with Gasteiger partial charge in [-0.2, -0.15) is 0 Å². The molecule has 5 nitrogen and oxygen atoms in total. The molecule has 0 spiro atoms. The summed E-state index contributed by atoms with van der Waals surface area (Å²) < 4.78 is 10.7. The van der Waals surface area contributed by atoms with E-state index >= 15 is 0 Å². The molecule has 1 N–H and O–H groups in total.